The molecule has 98 valence electrons. The predicted octanol–water partition coefficient (Wildman–Crippen LogP) is 1.96. The second-order valence-corrected chi connectivity index (χ2v) is 5.47. The molecule has 0 amide bonds. The van der Waals surface area contributed by atoms with Crippen LogP contribution >= 0.6 is 15.9 Å². The Kier molecular flexibility index (Phi) is 3.33. The minimum absolute atomic E-state index is 0.434. The minimum Gasteiger partial charge on any atom is -0.352 e. The molecule has 1 fully saturated rings. The Hall–Kier alpha value is -1.69. The Morgan fingerprint density at radius 3 is 2.58 bits per heavy atom. The van der Waals surface area contributed by atoms with Crippen LogP contribution in [0.15, 0.2) is 41.3 Å². The third-order valence-electron chi connectivity index (χ3n) is 3.31. The van der Waals surface area contributed by atoms with Gasteiger partial charge in [0.15, 0.2) is 0 Å². The summed E-state index contributed by atoms with van der Waals surface area (Å²) in [4.78, 5) is 17.3. The van der Waals surface area contributed by atoms with Gasteiger partial charge in [-0.15, -0.1) is 0 Å². The summed E-state index contributed by atoms with van der Waals surface area (Å²) in [5, 5.41) is 0. The number of hydrogen-bond donors (Lipinski definition) is 0. The van der Waals surface area contributed by atoms with Crippen LogP contribution < -0.4 is 9.80 Å². The average Bonchev–Trinajstić information content (AvgIpc) is 2.39. The van der Waals surface area contributed by atoms with Crippen molar-refractivity contribution in [3.8, 4) is 0 Å². The molecule has 1 aliphatic rings. The molecule has 0 N–H and O–H groups in total. The van der Waals surface area contributed by atoms with Crippen molar-refractivity contribution in [2.24, 2.45) is 0 Å². The summed E-state index contributed by atoms with van der Waals surface area (Å²) < 4.78 is 0.897. The fourth-order valence-electron chi connectivity index (χ4n) is 2.08. The van der Waals surface area contributed by atoms with Crippen molar-refractivity contribution in [3.05, 3.63) is 41.3 Å². The SMILES string of the molecule is CN(c1ncc(Br)cn1)C1CN(c2ccccn2)C1. The van der Waals surface area contributed by atoms with Crippen molar-refractivity contribution < 1.29 is 0 Å². The Morgan fingerprint density at radius 2 is 1.95 bits per heavy atom. The van der Waals surface area contributed by atoms with Gasteiger partial charge in [-0.05, 0) is 28.1 Å². The van der Waals surface area contributed by atoms with Gasteiger partial charge in [-0.2, -0.15) is 0 Å². The van der Waals surface area contributed by atoms with Crippen molar-refractivity contribution in [2.45, 2.75) is 6.04 Å². The standard InChI is InChI=1S/C13H14BrN5/c1-18(13-16-6-10(14)7-17-13)11-8-19(9-11)12-4-2-3-5-15-12/h2-7,11H,8-9H2,1H3. The van der Waals surface area contributed by atoms with E-state index in [1.54, 1.807) is 12.4 Å². The van der Waals surface area contributed by atoms with E-state index in [2.05, 4.69) is 40.7 Å². The average molecular weight is 320 g/mol. The van der Waals surface area contributed by atoms with E-state index in [1.165, 1.54) is 0 Å². The van der Waals surface area contributed by atoms with Gasteiger partial charge in [-0.25, -0.2) is 15.0 Å². The molecule has 0 unspecified atom stereocenters. The number of pyridine rings is 1. The summed E-state index contributed by atoms with van der Waals surface area (Å²) >= 11 is 3.34. The zero-order valence-corrected chi connectivity index (χ0v) is 12.2. The third-order valence-corrected chi connectivity index (χ3v) is 3.71. The van der Waals surface area contributed by atoms with Crippen LogP contribution in [0.5, 0.6) is 0 Å². The van der Waals surface area contributed by atoms with Crippen molar-refractivity contribution >= 4 is 27.7 Å². The molecule has 5 nitrogen and oxygen atoms in total. The Labute approximate surface area is 120 Å². The monoisotopic (exact) mass is 319 g/mol. The summed E-state index contributed by atoms with van der Waals surface area (Å²) in [6, 6.07) is 6.41. The molecular weight excluding hydrogens is 306 g/mol. The number of hydrogen-bond acceptors (Lipinski definition) is 5. The lowest BCUT2D eigenvalue weighted by molar-refractivity contribution is 0.486. The van der Waals surface area contributed by atoms with Crippen LogP contribution in [0.25, 0.3) is 0 Å². The van der Waals surface area contributed by atoms with Gasteiger partial charge < -0.3 is 9.80 Å². The molecule has 1 aliphatic heterocycles. The highest BCUT2D eigenvalue weighted by Crippen LogP contribution is 2.22. The molecule has 0 saturated carbocycles. The number of nitrogens with zero attached hydrogens (tertiary/aromatic N) is 5. The van der Waals surface area contributed by atoms with Gasteiger partial charge >= 0.3 is 0 Å². The molecule has 6 heteroatoms. The van der Waals surface area contributed by atoms with Crippen molar-refractivity contribution in [3.63, 3.8) is 0 Å². The molecule has 0 aromatic carbocycles. The molecule has 3 rings (SSSR count). The molecule has 2 aromatic heterocycles. The highest BCUT2D eigenvalue weighted by molar-refractivity contribution is 9.10. The van der Waals surface area contributed by atoms with Crippen LogP contribution in [0.1, 0.15) is 0 Å². The molecule has 0 bridgehead atoms. The van der Waals surface area contributed by atoms with E-state index in [0.717, 1.165) is 29.3 Å². The van der Waals surface area contributed by atoms with E-state index >= 15 is 0 Å². The van der Waals surface area contributed by atoms with Crippen LogP contribution in [0.2, 0.25) is 0 Å². The predicted molar refractivity (Wildman–Crippen MR) is 78.4 cm³/mol. The largest absolute Gasteiger partial charge is 0.352 e. The van der Waals surface area contributed by atoms with Crippen LogP contribution in [0.3, 0.4) is 0 Å². The molecule has 2 aromatic rings. The van der Waals surface area contributed by atoms with E-state index in [4.69, 9.17) is 0 Å². The minimum atomic E-state index is 0.434. The van der Waals surface area contributed by atoms with E-state index in [1.807, 2.05) is 31.4 Å². The molecule has 19 heavy (non-hydrogen) atoms. The maximum Gasteiger partial charge on any atom is 0.225 e. The first-order chi connectivity index (χ1) is 9.24. The van der Waals surface area contributed by atoms with Crippen molar-refractivity contribution in [2.75, 3.05) is 29.9 Å². The summed E-state index contributed by atoms with van der Waals surface area (Å²) in [6.07, 6.45) is 5.37. The number of halogens is 1. The summed E-state index contributed by atoms with van der Waals surface area (Å²) in [6.45, 7) is 1.90. The van der Waals surface area contributed by atoms with Gasteiger partial charge in [0.25, 0.3) is 0 Å². The lowest BCUT2D eigenvalue weighted by atomic mass is 10.1. The smallest absolute Gasteiger partial charge is 0.225 e. The van der Waals surface area contributed by atoms with Gasteiger partial charge in [0.05, 0.1) is 10.5 Å². The highest BCUT2D eigenvalue weighted by atomic mass is 79.9. The molecule has 0 aliphatic carbocycles. The van der Waals surface area contributed by atoms with E-state index in [0.29, 0.717) is 6.04 Å². The zero-order valence-electron chi connectivity index (χ0n) is 10.6. The Balaban J connectivity index is 1.63. The van der Waals surface area contributed by atoms with E-state index in [-0.39, 0.29) is 0 Å². The third kappa shape index (κ3) is 2.53. The van der Waals surface area contributed by atoms with Crippen LogP contribution in [-0.2, 0) is 0 Å². The molecule has 0 atom stereocenters. The number of aromatic nitrogens is 3. The highest BCUT2D eigenvalue weighted by Gasteiger charge is 2.31. The van der Waals surface area contributed by atoms with Crippen molar-refractivity contribution in [1.29, 1.82) is 0 Å². The van der Waals surface area contributed by atoms with Gasteiger partial charge in [-0.3, -0.25) is 0 Å². The summed E-state index contributed by atoms with van der Waals surface area (Å²) in [5.41, 5.74) is 0. The van der Waals surface area contributed by atoms with Crippen LogP contribution in [-0.4, -0.2) is 41.1 Å². The topological polar surface area (TPSA) is 45.2 Å². The second-order valence-electron chi connectivity index (χ2n) is 4.56. The Morgan fingerprint density at radius 1 is 1.21 bits per heavy atom. The maximum absolute atomic E-state index is 4.35. The lowest BCUT2D eigenvalue weighted by Gasteiger charge is -2.44. The number of likely N-dealkylation sites (N-methyl/N-ethyl adjacent to an activating group) is 1. The molecule has 0 spiro atoms. The first kappa shape index (κ1) is 12.3. The zero-order chi connectivity index (χ0) is 13.2. The fourth-order valence-corrected chi connectivity index (χ4v) is 2.28. The fraction of sp³-hybridized carbons (Fsp3) is 0.308. The van der Waals surface area contributed by atoms with Crippen LogP contribution in [0, 0.1) is 0 Å². The molecule has 1 saturated heterocycles. The van der Waals surface area contributed by atoms with Gasteiger partial charge in [0.2, 0.25) is 5.95 Å². The van der Waals surface area contributed by atoms with Gasteiger partial charge in [0, 0.05) is 38.7 Å². The van der Waals surface area contributed by atoms with Gasteiger partial charge in [-0.1, -0.05) is 6.07 Å². The maximum atomic E-state index is 4.35. The van der Waals surface area contributed by atoms with Crippen LogP contribution in [0.4, 0.5) is 11.8 Å². The molecule has 0 radical (unpaired) electrons. The van der Waals surface area contributed by atoms with Crippen molar-refractivity contribution in [1.82, 2.24) is 15.0 Å². The molecular formula is C13H14BrN5. The lowest BCUT2D eigenvalue weighted by Crippen LogP contribution is -2.59. The molecule has 3 heterocycles. The van der Waals surface area contributed by atoms with E-state index < -0.39 is 0 Å². The first-order valence-corrected chi connectivity index (χ1v) is 6.90. The summed E-state index contributed by atoms with van der Waals surface area (Å²) in [7, 11) is 2.03. The normalized spacial score (nSPS) is 15.2. The Bertz CT molecular complexity index is 539. The number of rotatable bonds is 3. The first-order valence-electron chi connectivity index (χ1n) is 6.10. The van der Waals surface area contributed by atoms with Gasteiger partial charge in [0.1, 0.15) is 5.82 Å². The summed E-state index contributed by atoms with van der Waals surface area (Å²) in [5.74, 6) is 1.79. The quantitative estimate of drug-likeness (QED) is 0.865. The second kappa shape index (κ2) is 5.13. The van der Waals surface area contributed by atoms with E-state index in [9.17, 15) is 0 Å². The number of anilines is 2.